The van der Waals surface area contributed by atoms with Crippen molar-refractivity contribution in [2.45, 2.75) is 57.9 Å². The van der Waals surface area contributed by atoms with Crippen molar-refractivity contribution in [3.63, 3.8) is 0 Å². The molecule has 0 bridgehead atoms. The van der Waals surface area contributed by atoms with E-state index in [9.17, 15) is 13.2 Å². The number of pyridine rings is 4. The Morgan fingerprint density at radius 1 is 0.487 bits per heavy atom. The van der Waals surface area contributed by atoms with Crippen LogP contribution < -0.4 is 0 Å². The predicted octanol–water partition coefficient (Wildman–Crippen LogP) is 14.7. The van der Waals surface area contributed by atoms with Gasteiger partial charge in [-0.1, -0.05) is 96.1 Å². The summed E-state index contributed by atoms with van der Waals surface area (Å²) in [4.78, 5) is 17.5. The molecule has 0 spiro atoms. The molecule has 76 heavy (non-hydrogen) atoms. The number of hydrogen-bond acceptors (Lipinski definition) is 11. The number of fused-ring (bicyclic) bond motifs is 2. The Labute approximate surface area is 479 Å². The number of nitrogens with zero attached hydrogens (tertiary/aromatic N) is 4. The molecular formula is C59H57F3Ir2N4O5S3-4. The van der Waals surface area contributed by atoms with E-state index >= 15 is 0 Å². The van der Waals surface area contributed by atoms with Crippen LogP contribution in [-0.2, 0) is 61.2 Å². The molecule has 6 heterocycles. The molecule has 2 N–H and O–H groups in total. The fourth-order valence-electron chi connectivity index (χ4n) is 6.55. The van der Waals surface area contributed by atoms with Crippen LogP contribution >= 0.6 is 22.7 Å². The minimum atomic E-state index is -6.09. The van der Waals surface area contributed by atoms with Gasteiger partial charge in [0.15, 0.2) is 10.1 Å². The Bertz CT molecular complexity index is 3010. The second-order valence-corrected chi connectivity index (χ2v) is 20.7. The standard InChI is InChI=1S/C17H17NS.C17H16NS.2C11H8N.CHF3O3S.2CH4O.2Ir/c2*1-17(2,3)13-6-4-12(5-7-13)16-14-9-11-19-15(14)8-10-18-16;2*1-2-6-10(7-3-1)11-8-4-5-9-12-11;2-1(3,4)8(5,6)7;2*1-2;;/h4-11H,1-3H3;4,6-11H,1-3H3;2*1-6,8-9H;(H,5,6,7);2*2H,1H3;;/q;3*-1;;;;;/p-1. The van der Waals surface area contributed by atoms with Crippen LogP contribution in [0.1, 0.15) is 52.7 Å². The maximum Gasteiger partial charge on any atom is 0.485 e. The van der Waals surface area contributed by atoms with Crippen LogP contribution in [0.15, 0.2) is 187 Å². The zero-order chi connectivity index (χ0) is 54.4. The third-order valence-electron chi connectivity index (χ3n) is 10.3. The van der Waals surface area contributed by atoms with E-state index in [1.807, 2.05) is 97.3 Å². The molecule has 4 aromatic carbocycles. The third-order valence-corrected chi connectivity index (χ3v) is 12.6. The Morgan fingerprint density at radius 3 is 1.28 bits per heavy atom. The van der Waals surface area contributed by atoms with Crippen LogP contribution in [-0.4, -0.2) is 62.8 Å². The number of benzene rings is 4. The third kappa shape index (κ3) is 20.4. The summed E-state index contributed by atoms with van der Waals surface area (Å²) in [6.07, 6.45) is 7.35. The van der Waals surface area contributed by atoms with E-state index in [1.165, 1.54) is 36.9 Å². The van der Waals surface area contributed by atoms with Crippen LogP contribution in [0.2, 0.25) is 0 Å². The first kappa shape index (κ1) is 66.4. The summed E-state index contributed by atoms with van der Waals surface area (Å²) >= 11 is 3.51. The van der Waals surface area contributed by atoms with Crippen molar-refractivity contribution in [1.29, 1.82) is 0 Å². The molecule has 9 nitrogen and oxygen atoms in total. The molecule has 10 aromatic rings. The van der Waals surface area contributed by atoms with Crippen molar-refractivity contribution in [2.24, 2.45) is 0 Å². The zero-order valence-electron chi connectivity index (χ0n) is 42.8. The molecule has 0 amide bonds. The van der Waals surface area contributed by atoms with Gasteiger partial charge in [0.2, 0.25) is 0 Å². The molecule has 2 radical (unpaired) electrons. The number of rotatable bonds is 4. The number of hydrogen-bond donors (Lipinski definition) is 2. The fraction of sp³-hybridized carbons (Fsp3) is 0.186. The van der Waals surface area contributed by atoms with Gasteiger partial charge in [-0.3, -0.25) is 4.98 Å². The van der Waals surface area contributed by atoms with Crippen molar-refractivity contribution >= 4 is 53.0 Å². The SMILES string of the molecule is CC(C)(C)c1c[c-]c(-c2nccc3sccc23)cc1.CC(C)(C)c1ccc(-c2nccc3sccc23)cc1.CO.CO.O=S(=O)([O-])C(F)(F)F.[Ir].[Ir].[c-]1ccccc1-c1ccccn1.[c-]1ccccc1-c1ccccn1. The van der Waals surface area contributed by atoms with Crippen LogP contribution in [0.3, 0.4) is 0 Å². The molecule has 404 valence electrons. The maximum atomic E-state index is 10.7. The Morgan fingerprint density at radius 2 is 0.908 bits per heavy atom. The van der Waals surface area contributed by atoms with E-state index < -0.39 is 15.6 Å². The average molecular weight is 1440 g/mol. The van der Waals surface area contributed by atoms with Gasteiger partial charge in [-0.15, -0.1) is 130 Å². The van der Waals surface area contributed by atoms with Gasteiger partial charge < -0.3 is 29.7 Å². The van der Waals surface area contributed by atoms with Crippen molar-refractivity contribution < 1.29 is 76.6 Å². The summed E-state index contributed by atoms with van der Waals surface area (Å²) in [6.45, 7) is 13.4. The summed E-state index contributed by atoms with van der Waals surface area (Å²) in [7, 11) is -4.09. The molecule has 0 saturated heterocycles. The predicted molar refractivity (Wildman–Crippen MR) is 295 cm³/mol. The van der Waals surface area contributed by atoms with E-state index in [4.69, 9.17) is 23.2 Å². The van der Waals surface area contributed by atoms with Crippen LogP contribution in [0, 0.1) is 18.2 Å². The first-order chi connectivity index (χ1) is 35.3. The molecule has 0 aliphatic rings. The van der Waals surface area contributed by atoms with Gasteiger partial charge in [0, 0.05) is 99.6 Å². The summed E-state index contributed by atoms with van der Waals surface area (Å²) in [5.41, 5.74) is 5.76. The summed E-state index contributed by atoms with van der Waals surface area (Å²) in [5.74, 6) is 0. The molecule has 6 aromatic heterocycles. The van der Waals surface area contributed by atoms with Gasteiger partial charge in [0.1, 0.15) is 0 Å². The number of aliphatic hydroxyl groups is 2. The minimum Gasteiger partial charge on any atom is -0.741 e. The fourth-order valence-corrected chi connectivity index (χ4v) is 8.11. The van der Waals surface area contributed by atoms with E-state index in [0.29, 0.717) is 0 Å². The number of halogens is 3. The first-order valence-corrected chi connectivity index (χ1v) is 25.9. The van der Waals surface area contributed by atoms with Crippen molar-refractivity contribution in [3.8, 4) is 45.0 Å². The Hall–Kier alpha value is -5.68. The van der Waals surface area contributed by atoms with Crippen LogP contribution in [0.5, 0.6) is 0 Å². The smallest absolute Gasteiger partial charge is 0.485 e. The van der Waals surface area contributed by atoms with Gasteiger partial charge in [-0.25, -0.2) is 8.42 Å². The summed E-state index contributed by atoms with van der Waals surface area (Å²) in [5, 5.41) is 20.7. The monoisotopic (exact) mass is 1440 g/mol. The average Bonchev–Trinajstić information content (AvgIpc) is 4.12. The van der Waals surface area contributed by atoms with Crippen molar-refractivity contribution in [2.75, 3.05) is 14.2 Å². The molecule has 0 saturated carbocycles. The van der Waals surface area contributed by atoms with Gasteiger partial charge in [0.25, 0.3) is 0 Å². The normalized spacial score (nSPS) is 10.7. The molecule has 0 unspecified atom stereocenters. The van der Waals surface area contributed by atoms with E-state index in [1.54, 1.807) is 35.1 Å². The summed E-state index contributed by atoms with van der Waals surface area (Å²) in [6, 6.07) is 60.6. The van der Waals surface area contributed by atoms with Crippen LogP contribution in [0.4, 0.5) is 13.2 Å². The number of alkyl halides is 3. The molecule has 17 heteroatoms. The van der Waals surface area contributed by atoms with Crippen molar-refractivity contribution in [1.82, 2.24) is 19.9 Å². The van der Waals surface area contributed by atoms with Gasteiger partial charge in [-0.2, -0.15) is 13.2 Å². The van der Waals surface area contributed by atoms with E-state index in [0.717, 1.165) is 53.7 Å². The first-order valence-electron chi connectivity index (χ1n) is 22.8. The van der Waals surface area contributed by atoms with E-state index in [-0.39, 0.29) is 51.0 Å². The van der Waals surface area contributed by atoms with Crippen molar-refractivity contribution in [3.05, 3.63) is 217 Å². The van der Waals surface area contributed by atoms with Gasteiger partial charge in [-0.05, 0) is 80.0 Å². The molecule has 0 aliphatic carbocycles. The molecule has 0 atom stereocenters. The second-order valence-electron chi connectivity index (χ2n) is 17.4. The molecule has 10 rings (SSSR count). The van der Waals surface area contributed by atoms with Gasteiger partial charge >= 0.3 is 5.51 Å². The number of thiophene rings is 2. The molecule has 0 fully saturated rings. The summed E-state index contributed by atoms with van der Waals surface area (Å²) < 4.78 is 61.5. The van der Waals surface area contributed by atoms with Gasteiger partial charge in [0.05, 0.1) is 5.69 Å². The second kappa shape index (κ2) is 32.1. The Kier molecular flexibility index (Phi) is 28.1. The van der Waals surface area contributed by atoms with E-state index in [2.05, 4.69) is 157 Å². The molecule has 0 aliphatic heterocycles. The molecular weight excluding hydrogens is 1380 g/mol. The Balaban J connectivity index is 0.000000327. The number of aromatic nitrogens is 4. The maximum absolute atomic E-state index is 10.7. The largest absolute Gasteiger partial charge is 0.741 e. The minimum absolute atomic E-state index is 0. The quantitative estimate of drug-likeness (QED) is 0.0997. The number of aliphatic hydroxyl groups excluding tert-OH is 2. The zero-order valence-corrected chi connectivity index (χ0v) is 50.1. The topological polar surface area (TPSA) is 149 Å². The van der Waals surface area contributed by atoms with Crippen LogP contribution in [0.25, 0.3) is 65.2 Å².